The minimum atomic E-state index is 1.07. The van der Waals surface area contributed by atoms with E-state index in [1.54, 1.807) is 12.8 Å². The molecule has 0 aromatic rings. The van der Waals surface area contributed by atoms with Crippen LogP contribution < -0.4 is 0 Å². The fraction of sp³-hybridized carbons (Fsp3) is 1.00. The van der Waals surface area contributed by atoms with E-state index in [0.717, 1.165) is 29.6 Å². The molecule has 0 bridgehead atoms. The number of hydrogen-bond donors (Lipinski definition) is 0. The van der Waals surface area contributed by atoms with E-state index in [-0.39, 0.29) is 0 Å². The molecule has 76 valence electrons. The second-order valence-electron chi connectivity index (χ2n) is 5.44. The molecule has 0 aromatic heterocycles. The van der Waals surface area contributed by atoms with Crippen molar-refractivity contribution < 1.29 is 0 Å². The van der Waals surface area contributed by atoms with Gasteiger partial charge in [0.1, 0.15) is 0 Å². The van der Waals surface area contributed by atoms with Gasteiger partial charge in [-0.05, 0) is 48.9 Å². The van der Waals surface area contributed by atoms with Crippen LogP contribution in [0.2, 0.25) is 0 Å². The third kappa shape index (κ3) is 1.78. The molecule has 2 aliphatic carbocycles. The Morgan fingerprint density at radius 2 is 1.62 bits per heavy atom. The van der Waals surface area contributed by atoms with Gasteiger partial charge in [0.25, 0.3) is 0 Å². The van der Waals surface area contributed by atoms with Gasteiger partial charge < -0.3 is 0 Å². The molecule has 0 N–H and O–H groups in total. The fourth-order valence-corrected chi connectivity index (χ4v) is 3.45. The van der Waals surface area contributed by atoms with Gasteiger partial charge in [0, 0.05) is 0 Å². The highest BCUT2D eigenvalue weighted by molar-refractivity contribution is 4.93. The summed E-state index contributed by atoms with van der Waals surface area (Å²) in [6.45, 7) is 7.17. The number of hydrogen-bond acceptors (Lipinski definition) is 0. The van der Waals surface area contributed by atoms with Crippen LogP contribution in [0.1, 0.15) is 52.9 Å². The Labute approximate surface area is 83.1 Å². The van der Waals surface area contributed by atoms with E-state index in [1.165, 1.54) is 19.3 Å². The van der Waals surface area contributed by atoms with Crippen molar-refractivity contribution in [3.63, 3.8) is 0 Å². The Kier molecular flexibility index (Phi) is 2.67. The highest BCUT2D eigenvalue weighted by atomic mass is 14.5. The van der Waals surface area contributed by atoms with Crippen molar-refractivity contribution in [3.8, 4) is 0 Å². The zero-order valence-electron chi connectivity index (χ0n) is 9.42. The summed E-state index contributed by atoms with van der Waals surface area (Å²) in [5.41, 5.74) is 0. The summed E-state index contributed by atoms with van der Waals surface area (Å²) < 4.78 is 0. The maximum Gasteiger partial charge on any atom is -0.0360 e. The number of rotatable bonds is 4. The minimum absolute atomic E-state index is 1.07. The van der Waals surface area contributed by atoms with E-state index in [9.17, 15) is 0 Å². The van der Waals surface area contributed by atoms with Gasteiger partial charge in [0.15, 0.2) is 0 Å². The Hall–Kier alpha value is 0. The molecule has 0 aromatic carbocycles. The molecule has 2 saturated carbocycles. The van der Waals surface area contributed by atoms with Crippen molar-refractivity contribution in [2.24, 2.45) is 29.6 Å². The van der Waals surface area contributed by atoms with Crippen molar-refractivity contribution in [3.05, 3.63) is 0 Å². The Bertz CT molecular complexity index is 173. The lowest BCUT2D eigenvalue weighted by Gasteiger charge is -2.45. The van der Waals surface area contributed by atoms with Crippen molar-refractivity contribution in [2.75, 3.05) is 0 Å². The second kappa shape index (κ2) is 3.63. The van der Waals surface area contributed by atoms with E-state index < -0.39 is 0 Å². The summed E-state index contributed by atoms with van der Waals surface area (Å²) in [7, 11) is 0. The maximum atomic E-state index is 2.42. The maximum absolute atomic E-state index is 2.42. The second-order valence-corrected chi connectivity index (χ2v) is 5.44. The molecule has 2 rings (SSSR count). The molecule has 2 fully saturated rings. The highest BCUT2D eigenvalue weighted by Gasteiger charge is 2.43. The van der Waals surface area contributed by atoms with E-state index in [4.69, 9.17) is 0 Å². The van der Waals surface area contributed by atoms with Crippen LogP contribution in [0.3, 0.4) is 0 Å². The van der Waals surface area contributed by atoms with Crippen molar-refractivity contribution in [1.82, 2.24) is 0 Å². The molecular formula is C13H24. The summed E-state index contributed by atoms with van der Waals surface area (Å²) in [5.74, 6) is 5.49. The molecule has 0 amide bonds. The largest absolute Gasteiger partial charge is 0.0651 e. The average molecular weight is 180 g/mol. The molecule has 0 saturated heterocycles. The first kappa shape index (κ1) is 9.55. The fourth-order valence-electron chi connectivity index (χ4n) is 3.45. The first-order valence-electron chi connectivity index (χ1n) is 6.26. The predicted molar refractivity (Wildman–Crippen MR) is 57.6 cm³/mol. The van der Waals surface area contributed by atoms with Gasteiger partial charge in [-0.15, -0.1) is 0 Å². The SMILES string of the molecule is CCC1CC(CC2CC2C)C1CC. The van der Waals surface area contributed by atoms with Crippen LogP contribution in [-0.4, -0.2) is 0 Å². The quantitative estimate of drug-likeness (QED) is 0.611. The van der Waals surface area contributed by atoms with Crippen LogP contribution in [0.4, 0.5) is 0 Å². The van der Waals surface area contributed by atoms with Gasteiger partial charge in [-0.25, -0.2) is 0 Å². The average Bonchev–Trinajstić information content (AvgIpc) is 2.75. The molecule has 0 nitrogen and oxygen atoms in total. The normalized spacial score (nSPS) is 48.7. The summed E-state index contributed by atoms with van der Waals surface area (Å²) in [6, 6.07) is 0. The monoisotopic (exact) mass is 180 g/mol. The van der Waals surface area contributed by atoms with Gasteiger partial charge in [0.05, 0.1) is 0 Å². The summed E-state index contributed by atoms with van der Waals surface area (Å²) in [4.78, 5) is 0. The van der Waals surface area contributed by atoms with Crippen LogP contribution in [0.25, 0.3) is 0 Å². The predicted octanol–water partition coefficient (Wildman–Crippen LogP) is 4.10. The van der Waals surface area contributed by atoms with Crippen molar-refractivity contribution in [2.45, 2.75) is 52.9 Å². The molecule has 0 heteroatoms. The third-order valence-corrected chi connectivity index (χ3v) is 4.69. The molecule has 0 heterocycles. The first-order chi connectivity index (χ1) is 6.26. The first-order valence-corrected chi connectivity index (χ1v) is 6.26. The lowest BCUT2D eigenvalue weighted by Crippen LogP contribution is -2.36. The molecule has 2 aliphatic rings. The Balaban J connectivity index is 1.75. The minimum Gasteiger partial charge on any atom is -0.0651 e. The van der Waals surface area contributed by atoms with Gasteiger partial charge in [0.2, 0.25) is 0 Å². The van der Waals surface area contributed by atoms with Crippen LogP contribution in [-0.2, 0) is 0 Å². The van der Waals surface area contributed by atoms with E-state index >= 15 is 0 Å². The molecule has 0 aliphatic heterocycles. The Morgan fingerprint density at radius 3 is 2.08 bits per heavy atom. The summed E-state index contributed by atoms with van der Waals surface area (Å²) >= 11 is 0. The molecule has 0 spiro atoms. The molecular weight excluding hydrogens is 156 g/mol. The molecule has 13 heavy (non-hydrogen) atoms. The van der Waals surface area contributed by atoms with E-state index in [0.29, 0.717) is 0 Å². The highest BCUT2D eigenvalue weighted by Crippen LogP contribution is 2.52. The van der Waals surface area contributed by atoms with Gasteiger partial charge in [-0.3, -0.25) is 0 Å². The van der Waals surface area contributed by atoms with Crippen molar-refractivity contribution >= 4 is 0 Å². The van der Waals surface area contributed by atoms with Crippen LogP contribution in [0.5, 0.6) is 0 Å². The van der Waals surface area contributed by atoms with Gasteiger partial charge in [-0.1, -0.05) is 33.6 Å². The summed E-state index contributed by atoms with van der Waals surface area (Å²) in [5, 5.41) is 0. The standard InChI is InChI=1S/C13H24/c1-4-10-7-12(13(10)5-2)8-11-6-9(11)3/h9-13H,4-8H2,1-3H3. The summed E-state index contributed by atoms with van der Waals surface area (Å²) in [6.07, 6.45) is 7.51. The third-order valence-electron chi connectivity index (χ3n) is 4.69. The lowest BCUT2D eigenvalue weighted by atomic mass is 9.61. The zero-order chi connectivity index (χ0) is 9.42. The zero-order valence-corrected chi connectivity index (χ0v) is 9.42. The van der Waals surface area contributed by atoms with Crippen LogP contribution >= 0.6 is 0 Å². The van der Waals surface area contributed by atoms with E-state index in [1.807, 2.05) is 0 Å². The van der Waals surface area contributed by atoms with Crippen LogP contribution in [0, 0.1) is 29.6 Å². The van der Waals surface area contributed by atoms with Crippen molar-refractivity contribution in [1.29, 1.82) is 0 Å². The molecule has 0 radical (unpaired) electrons. The topological polar surface area (TPSA) is 0 Å². The molecule has 5 unspecified atom stereocenters. The smallest absolute Gasteiger partial charge is 0.0360 e. The molecule has 5 atom stereocenters. The van der Waals surface area contributed by atoms with Gasteiger partial charge >= 0.3 is 0 Å². The van der Waals surface area contributed by atoms with Gasteiger partial charge in [-0.2, -0.15) is 0 Å². The Morgan fingerprint density at radius 1 is 0.923 bits per heavy atom. The van der Waals surface area contributed by atoms with Crippen LogP contribution in [0.15, 0.2) is 0 Å². The lowest BCUT2D eigenvalue weighted by molar-refractivity contribution is 0.0520. The van der Waals surface area contributed by atoms with E-state index in [2.05, 4.69) is 20.8 Å².